The quantitative estimate of drug-likeness (QED) is 0.211. The molecule has 0 bridgehead atoms. The van der Waals surface area contributed by atoms with E-state index in [2.05, 4.69) is 20.8 Å². The molecule has 5 rings (SSSR count). The second-order valence-electron chi connectivity index (χ2n) is 11.4. The largest absolute Gasteiger partial charge is 0.509 e. The van der Waals surface area contributed by atoms with Crippen molar-refractivity contribution in [2.24, 2.45) is 0 Å². The molecule has 1 N–H and O–H groups in total. The van der Waals surface area contributed by atoms with E-state index in [0.29, 0.717) is 13.2 Å². The number of aliphatic hydroxyl groups excluding tert-OH is 1. The van der Waals surface area contributed by atoms with Crippen LogP contribution < -0.4 is 0 Å². The summed E-state index contributed by atoms with van der Waals surface area (Å²) in [5, 5.41) is 11.3. The molecule has 0 amide bonds. The van der Waals surface area contributed by atoms with Crippen LogP contribution in [0.2, 0.25) is 18.1 Å². The third kappa shape index (κ3) is 7.89. The van der Waals surface area contributed by atoms with Gasteiger partial charge in [0, 0.05) is 0 Å². The normalized spacial score (nSPS) is 29.9. The van der Waals surface area contributed by atoms with Gasteiger partial charge in [0.1, 0.15) is 24.4 Å². The van der Waals surface area contributed by atoms with Crippen LogP contribution in [0.3, 0.4) is 0 Å². The lowest BCUT2D eigenvalue weighted by atomic mass is 9.98. The summed E-state index contributed by atoms with van der Waals surface area (Å²) in [4.78, 5) is 12.1. The number of carbonyl (C=O) groups is 1. The lowest BCUT2D eigenvalue weighted by Gasteiger charge is -2.44. The Hall–Kier alpha value is -2.77. The van der Waals surface area contributed by atoms with Crippen molar-refractivity contribution in [1.82, 2.24) is 0 Å². The van der Waals surface area contributed by atoms with Gasteiger partial charge in [-0.1, -0.05) is 81.4 Å². The molecule has 3 aliphatic heterocycles. The van der Waals surface area contributed by atoms with Crippen LogP contribution in [0.4, 0.5) is 4.79 Å². The molecule has 10 nitrogen and oxygen atoms in total. The Labute approximate surface area is 260 Å². The molecule has 11 heteroatoms. The van der Waals surface area contributed by atoms with Gasteiger partial charge < -0.3 is 42.7 Å². The maximum Gasteiger partial charge on any atom is 0.509 e. The summed E-state index contributed by atoms with van der Waals surface area (Å²) in [6, 6.07) is 22.5. The van der Waals surface area contributed by atoms with E-state index in [-0.39, 0.29) is 13.2 Å². The Kier molecular flexibility index (Phi) is 11.5. The third-order valence-corrected chi connectivity index (χ3v) is 13.3. The average Bonchev–Trinajstić information content (AvgIpc) is 3.46. The van der Waals surface area contributed by atoms with E-state index in [9.17, 15) is 9.90 Å². The summed E-state index contributed by atoms with van der Waals surface area (Å²) < 4.78 is 48.5. The fraction of sp³-hybridized carbons (Fsp3) is 0.545. The number of carbonyl (C=O) groups excluding carboxylic acids is 1. The van der Waals surface area contributed by atoms with Gasteiger partial charge in [0.05, 0.1) is 38.8 Å². The van der Waals surface area contributed by atoms with Gasteiger partial charge in [0.15, 0.2) is 26.8 Å². The van der Waals surface area contributed by atoms with Crippen LogP contribution in [-0.4, -0.2) is 81.8 Å². The van der Waals surface area contributed by atoms with Crippen molar-refractivity contribution >= 4 is 14.5 Å². The maximum atomic E-state index is 12.1. The monoisotopic (exact) mass is 628 g/mol. The van der Waals surface area contributed by atoms with Gasteiger partial charge in [-0.25, -0.2) is 4.79 Å². The van der Waals surface area contributed by atoms with Gasteiger partial charge in [-0.3, -0.25) is 0 Å². The Morgan fingerprint density at radius 1 is 0.795 bits per heavy atom. The summed E-state index contributed by atoms with van der Waals surface area (Å²) in [5.74, 6) is 0. The minimum atomic E-state index is -2.08. The number of hydrogen-bond donors (Lipinski definition) is 1. The first-order valence-corrected chi connectivity index (χ1v) is 18.1. The van der Waals surface area contributed by atoms with Crippen molar-refractivity contribution in [3.05, 3.63) is 84.1 Å². The highest BCUT2D eigenvalue weighted by atomic mass is 28.4. The van der Waals surface area contributed by atoms with Crippen LogP contribution in [0.5, 0.6) is 0 Å². The second-order valence-corrected chi connectivity index (χ2v) is 16.1. The summed E-state index contributed by atoms with van der Waals surface area (Å²) in [6.07, 6.45) is -4.06. The molecular weight excluding hydrogens is 584 g/mol. The number of ether oxygens (including phenoxy) is 7. The molecule has 0 radical (unpaired) electrons. The molecule has 44 heavy (non-hydrogen) atoms. The van der Waals surface area contributed by atoms with Crippen LogP contribution in [-0.2, 0) is 50.8 Å². The van der Waals surface area contributed by atoms with E-state index in [1.807, 2.05) is 66.7 Å². The smallest absolute Gasteiger partial charge is 0.493 e. The minimum Gasteiger partial charge on any atom is -0.493 e. The molecule has 3 heterocycles. The highest BCUT2D eigenvalue weighted by molar-refractivity contribution is 6.73. The van der Waals surface area contributed by atoms with Gasteiger partial charge in [0.25, 0.3) is 0 Å². The zero-order valence-electron chi connectivity index (χ0n) is 25.6. The van der Waals surface area contributed by atoms with Gasteiger partial charge >= 0.3 is 6.16 Å². The molecule has 0 aromatic heterocycles. The Morgan fingerprint density at radius 3 is 1.95 bits per heavy atom. The summed E-state index contributed by atoms with van der Waals surface area (Å²) in [6.45, 7) is 7.57. The maximum absolute atomic E-state index is 12.1. The topological polar surface area (TPSA) is 111 Å². The number of benzene rings is 2. The molecule has 3 aliphatic rings. The van der Waals surface area contributed by atoms with Crippen LogP contribution >= 0.6 is 0 Å². The number of hydrogen-bond acceptors (Lipinski definition) is 10. The van der Waals surface area contributed by atoms with E-state index >= 15 is 0 Å². The third-order valence-electron chi connectivity index (χ3n) is 8.69. The van der Waals surface area contributed by atoms with E-state index in [0.717, 1.165) is 29.3 Å². The predicted molar refractivity (Wildman–Crippen MR) is 163 cm³/mol. The molecule has 0 spiro atoms. The lowest BCUT2D eigenvalue weighted by Crippen LogP contribution is -2.61. The molecular formula is C33H44O10Si. The predicted octanol–water partition coefficient (Wildman–Crippen LogP) is 5.10. The zero-order chi connectivity index (χ0) is 30.9. The van der Waals surface area contributed by atoms with Crippen molar-refractivity contribution < 1.29 is 47.5 Å². The average molecular weight is 629 g/mol. The lowest BCUT2D eigenvalue weighted by molar-refractivity contribution is -0.311. The van der Waals surface area contributed by atoms with Crippen molar-refractivity contribution in [2.75, 3.05) is 13.2 Å². The first-order valence-electron chi connectivity index (χ1n) is 15.5. The standard InChI is InChI=1S/C33H44O10Si/c1-4-44(5-2,6-3)43-25-17-18-38-26(21-36-19-23-13-9-7-10-14-23)29(25)40-32-28(34)31-30(41-33(35)42-31)27(39-32)22-37-20-24-15-11-8-12-16-24/h7-18,25-32,34H,4-6,19-22H2,1-3H3/t25-,26-,27-,28-,29+,30+,31-,32+/m1/s1. The molecule has 2 saturated heterocycles. The SMILES string of the molecule is CC[Si](CC)(CC)O[C@@H]1C=CO[C@H](COCc2ccccc2)[C@H]1O[C@@H]1O[C@H](COCc2ccccc2)[C@@H]2OC(=O)O[C@@H]2[C@H]1O. The van der Waals surface area contributed by atoms with Crippen molar-refractivity contribution in [3.8, 4) is 0 Å². The van der Waals surface area contributed by atoms with Crippen molar-refractivity contribution in [1.29, 1.82) is 0 Å². The molecule has 2 aromatic carbocycles. The summed E-state index contributed by atoms with van der Waals surface area (Å²) in [7, 11) is -2.08. The van der Waals surface area contributed by atoms with Crippen LogP contribution in [0, 0.1) is 0 Å². The highest BCUT2D eigenvalue weighted by Crippen LogP contribution is 2.35. The molecule has 0 unspecified atom stereocenters. The van der Waals surface area contributed by atoms with Gasteiger partial charge in [-0.15, -0.1) is 0 Å². The Morgan fingerprint density at radius 2 is 1.36 bits per heavy atom. The second kappa shape index (κ2) is 15.5. The fourth-order valence-corrected chi connectivity index (χ4v) is 8.66. The fourth-order valence-electron chi connectivity index (χ4n) is 5.87. The number of fused-ring (bicyclic) bond motifs is 1. The first kappa shape index (κ1) is 32.6. The molecule has 240 valence electrons. The molecule has 2 aromatic rings. The molecule has 0 aliphatic carbocycles. The van der Waals surface area contributed by atoms with Crippen molar-refractivity contribution in [2.45, 2.75) is 101 Å². The Bertz CT molecular complexity index is 1190. The molecule has 2 fully saturated rings. The van der Waals surface area contributed by atoms with Crippen LogP contribution in [0.25, 0.3) is 0 Å². The van der Waals surface area contributed by atoms with E-state index in [1.165, 1.54) is 0 Å². The molecule has 0 saturated carbocycles. The van der Waals surface area contributed by atoms with E-state index in [4.69, 9.17) is 37.6 Å². The van der Waals surface area contributed by atoms with E-state index < -0.39 is 63.5 Å². The van der Waals surface area contributed by atoms with Crippen LogP contribution in [0.1, 0.15) is 31.9 Å². The Balaban J connectivity index is 1.32. The minimum absolute atomic E-state index is 0.0986. The van der Waals surface area contributed by atoms with Gasteiger partial charge in [-0.2, -0.15) is 0 Å². The van der Waals surface area contributed by atoms with Gasteiger partial charge in [0.2, 0.25) is 0 Å². The summed E-state index contributed by atoms with van der Waals surface area (Å²) in [5.41, 5.74) is 2.03. The van der Waals surface area contributed by atoms with Crippen LogP contribution in [0.15, 0.2) is 73.0 Å². The summed E-state index contributed by atoms with van der Waals surface area (Å²) >= 11 is 0. The number of rotatable bonds is 15. The van der Waals surface area contributed by atoms with Gasteiger partial charge in [-0.05, 0) is 35.3 Å². The molecule has 8 atom stereocenters. The highest BCUT2D eigenvalue weighted by Gasteiger charge is 2.55. The van der Waals surface area contributed by atoms with E-state index in [1.54, 1.807) is 6.26 Å². The van der Waals surface area contributed by atoms with Crippen molar-refractivity contribution in [3.63, 3.8) is 0 Å². The zero-order valence-corrected chi connectivity index (χ0v) is 26.6. The first-order chi connectivity index (χ1) is 21.4. The number of aliphatic hydroxyl groups is 1.